The van der Waals surface area contributed by atoms with Gasteiger partial charge >= 0.3 is 0 Å². The Labute approximate surface area is 104 Å². The summed E-state index contributed by atoms with van der Waals surface area (Å²) in [5.74, 6) is 0. The van der Waals surface area contributed by atoms with Crippen LogP contribution in [0.3, 0.4) is 0 Å². The molecule has 1 fully saturated rings. The summed E-state index contributed by atoms with van der Waals surface area (Å²) in [5.41, 5.74) is 1.50. The van der Waals surface area contributed by atoms with Gasteiger partial charge < -0.3 is 5.32 Å². The van der Waals surface area contributed by atoms with Crippen molar-refractivity contribution in [3.05, 3.63) is 30.1 Å². The lowest BCUT2D eigenvalue weighted by Crippen LogP contribution is -2.58. The van der Waals surface area contributed by atoms with Gasteiger partial charge in [0.05, 0.1) is 0 Å². The zero-order valence-corrected chi connectivity index (χ0v) is 10.9. The smallest absolute Gasteiger partial charge is 0.0404 e. The fourth-order valence-corrected chi connectivity index (χ4v) is 2.43. The van der Waals surface area contributed by atoms with Gasteiger partial charge in [-0.3, -0.25) is 9.88 Å². The van der Waals surface area contributed by atoms with Crippen molar-refractivity contribution in [2.24, 2.45) is 0 Å². The predicted molar refractivity (Wildman–Crippen MR) is 71.1 cm³/mol. The van der Waals surface area contributed by atoms with Crippen LogP contribution in [-0.4, -0.2) is 41.6 Å². The maximum absolute atomic E-state index is 4.37. The standard InChI is InChI=1S/C14H23N3/c1-14(2)12-15-9-11-17(14)10-5-7-13-6-3-4-8-16-13/h3-4,6,8,15H,5,7,9-12H2,1-2H3. The molecule has 17 heavy (non-hydrogen) atoms. The molecule has 1 aliphatic heterocycles. The van der Waals surface area contributed by atoms with Crippen molar-refractivity contribution in [2.75, 3.05) is 26.2 Å². The molecule has 3 nitrogen and oxygen atoms in total. The SMILES string of the molecule is CC1(C)CNCCN1CCCc1ccccn1. The number of rotatable bonds is 4. The third-order valence-electron chi connectivity index (χ3n) is 3.56. The predicted octanol–water partition coefficient (Wildman–Crippen LogP) is 1.70. The van der Waals surface area contributed by atoms with E-state index in [1.165, 1.54) is 18.7 Å². The summed E-state index contributed by atoms with van der Waals surface area (Å²) in [7, 11) is 0. The van der Waals surface area contributed by atoms with E-state index in [1.807, 2.05) is 12.3 Å². The van der Waals surface area contributed by atoms with Crippen molar-refractivity contribution in [1.82, 2.24) is 15.2 Å². The highest BCUT2D eigenvalue weighted by Crippen LogP contribution is 2.16. The fraction of sp³-hybridized carbons (Fsp3) is 0.643. The number of aryl methyl sites for hydroxylation is 1. The van der Waals surface area contributed by atoms with Crippen LogP contribution >= 0.6 is 0 Å². The van der Waals surface area contributed by atoms with Crippen LogP contribution in [0, 0.1) is 0 Å². The van der Waals surface area contributed by atoms with E-state index in [4.69, 9.17) is 0 Å². The molecule has 2 heterocycles. The zero-order chi connectivity index (χ0) is 12.1. The first kappa shape index (κ1) is 12.5. The van der Waals surface area contributed by atoms with Gasteiger partial charge in [0.25, 0.3) is 0 Å². The highest BCUT2D eigenvalue weighted by molar-refractivity contribution is 5.03. The molecule has 0 radical (unpaired) electrons. The Kier molecular flexibility index (Phi) is 4.13. The molecule has 3 heteroatoms. The van der Waals surface area contributed by atoms with Crippen LogP contribution in [-0.2, 0) is 6.42 Å². The van der Waals surface area contributed by atoms with Crippen LogP contribution in [0.5, 0.6) is 0 Å². The molecule has 0 aromatic carbocycles. The van der Waals surface area contributed by atoms with E-state index < -0.39 is 0 Å². The molecule has 0 saturated carbocycles. The molecule has 0 unspecified atom stereocenters. The lowest BCUT2D eigenvalue weighted by molar-refractivity contribution is 0.0895. The molecule has 0 atom stereocenters. The van der Waals surface area contributed by atoms with Gasteiger partial charge in [0.1, 0.15) is 0 Å². The Morgan fingerprint density at radius 1 is 1.41 bits per heavy atom. The molecule has 1 aromatic rings. The highest BCUT2D eigenvalue weighted by Gasteiger charge is 2.28. The highest BCUT2D eigenvalue weighted by atomic mass is 15.2. The van der Waals surface area contributed by atoms with Gasteiger partial charge in [-0.05, 0) is 45.4 Å². The topological polar surface area (TPSA) is 28.2 Å². The molecule has 0 amide bonds. The Hall–Kier alpha value is -0.930. The Morgan fingerprint density at radius 2 is 2.29 bits per heavy atom. The molecule has 0 aliphatic carbocycles. The number of aromatic nitrogens is 1. The number of hydrogen-bond donors (Lipinski definition) is 1. The van der Waals surface area contributed by atoms with Gasteiger partial charge in [0, 0.05) is 37.1 Å². The number of piperazine rings is 1. The number of nitrogens with one attached hydrogen (secondary N) is 1. The lowest BCUT2D eigenvalue weighted by atomic mass is 9.99. The van der Waals surface area contributed by atoms with E-state index in [0.29, 0.717) is 5.54 Å². The van der Waals surface area contributed by atoms with Crippen molar-refractivity contribution >= 4 is 0 Å². The van der Waals surface area contributed by atoms with Crippen LogP contribution in [0.1, 0.15) is 26.0 Å². The number of pyridine rings is 1. The first-order valence-corrected chi connectivity index (χ1v) is 6.54. The summed E-state index contributed by atoms with van der Waals surface area (Å²) in [4.78, 5) is 6.96. The van der Waals surface area contributed by atoms with E-state index in [0.717, 1.165) is 26.1 Å². The molecule has 1 aromatic heterocycles. The van der Waals surface area contributed by atoms with E-state index >= 15 is 0 Å². The minimum absolute atomic E-state index is 0.294. The van der Waals surface area contributed by atoms with Crippen LogP contribution in [0.4, 0.5) is 0 Å². The number of nitrogens with zero attached hydrogens (tertiary/aromatic N) is 2. The monoisotopic (exact) mass is 233 g/mol. The third-order valence-corrected chi connectivity index (χ3v) is 3.56. The minimum Gasteiger partial charge on any atom is -0.314 e. The number of hydrogen-bond acceptors (Lipinski definition) is 3. The van der Waals surface area contributed by atoms with E-state index in [-0.39, 0.29) is 0 Å². The van der Waals surface area contributed by atoms with Crippen molar-refractivity contribution in [1.29, 1.82) is 0 Å². The maximum Gasteiger partial charge on any atom is 0.0404 e. The maximum atomic E-state index is 4.37. The first-order chi connectivity index (χ1) is 8.18. The molecular formula is C14H23N3. The fourth-order valence-electron chi connectivity index (χ4n) is 2.43. The molecule has 0 bridgehead atoms. The summed E-state index contributed by atoms with van der Waals surface area (Å²) < 4.78 is 0. The second-order valence-corrected chi connectivity index (χ2v) is 5.40. The van der Waals surface area contributed by atoms with E-state index in [9.17, 15) is 0 Å². The zero-order valence-electron chi connectivity index (χ0n) is 10.9. The van der Waals surface area contributed by atoms with Crippen molar-refractivity contribution in [2.45, 2.75) is 32.2 Å². The molecule has 1 saturated heterocycles. The van der Waals surface area contributed by atoms with E-state index in [2.05, 4.69) is 41.2 Å². The largest absolute Gasteiger partial charge is 0.314 e. The first-order valence-electron chi connectivity index (χ1n) is 6.54. The Bertz CT molecular complexity index is 335. The second-order valence-electron chi connectivity index (χ2n) is 5.40. The summed E-state index contributed by atoms with van der Waals surface area (Å²) >= 11 is 0. The van der Waals surface area contributed by atoms with Crippen LogP contribution in [0.2, 0.25) is 0 Å². The molecule has 1 aliphatic rings. The third kappa shape index (κ3) is 3.51. The van der Waals surface area contributed by atoms with Crippen LogP contribution in [0.15, 0.2) is 24.4 Å². The van der Waals surface area contributed by atoms with Gasteiger partial charge in [-0.1, -0.05) is 6.07 Å². The van der Waals surface area contributed by atoms with Crippen LogP contribution < -0.4 is 5.32 Å². The molecule has 2 rings (SSSR count). The second kappa shape index (κ2) is 5.61. The lowest BCUT2D eigenvalue weighted by Gasteiger charge is -2.42. The van der Waals surface area contributed by atoms with Crippen LogP contribution in [0.25, 0.3) is 0 Å². The van der Waals surface area contributed by atoms with Gasteiger partial charge in [-0.25, -0.2) is 0 Å². The normalized spacial score (nSPS) is 20.4. The van der Waals surface area contributed by atoms with Gasteiger partial charge in [-0.15, -0.1) is 0 Å². The van der Waals surface area contributed by atoms with Crippen molar-refractivity contribution < 1.29 is 0 Å². The Balaban J connectivity index is 1.78. The van der Waals surface area contributed by atoms with Crippen molar-refractivity contribution in [3.8, 4) is 0 Å². The summed E-state index contributed by atoms with van der Waals surface area (Å²) in [5, 5.41) is 3.46. The summed E-state index contributed by atoms with van der Waals surface area (Å²) in [6, 6.07) is 6.16. The molecular weight excluding hydrogens is 210 g/mol. The Morgan fingerprint density at radius 3 is 3.00 bits per heavy atom. The van der Waals surface area contributed by atoms with E-state index in [1.54, 1.807) is 0 Å². The van der Waals surface area contributed by atoms with Gasteiger partial charge in [-0.2, -0.15) is 0 Å². The summed E-state index contributed by atoms with van der Waals surface area (Å²) in [6.07, 6.45) is 4.16. The average molecular weight is 233 g/mol. The molecule has 1 N–H and O–H groups in total. The average Bonchev–Trinajstić information content (AvgIpc) is 2.32. The quantitative estimate of drug-likeness (QED) is 0.858. The van der Waals surface area contributed by atoms with Gasteiger partial charge in [0.2, 0.25) is 0 Å². The summed E-state index contributed by atoms with van der Waals surface area (Å²) in [6.45, 7) is 9.18. The molecule has 94 valence electrons. The molecule has 0 spiro atoms. The van der Waals surface area contributed by atoms with Gasteiger partial charge in [0.15, 0.2) is 0 Å². The minimum atomic E-state index is 0.294. The van der Waals surface area contributed by atoms with Crippen molar-refractivity contribution in [3.63, 3.8) is 0 Å².